The van der Waals surface area contributed by atoms with Gasteiger partial charge < -0.3 is 5.32 Å². The molecule has 5 heteroatoms. The third-order valence-corrected chi connectivity index (χ3v) is 5.33. The smallest absolute Gasteiger partial charge is 0.144 e. The molecule has 1 aliphatic rings. The van der Waals surface area contributed by atoms with Gasteiger partial charge in [-0.05, 0) is 47.1 Å². The fraction of sp³-hybridized carbons (Fsp3) is 0.667. The number of nitrogens with zero attached hydrogens (tertiary/aromatic N) is 2. The van der Waals surface area contributed by atoms with E-state index in [-0.39, 0.29) is 0 Å². The molecule has 0 bridgehead atoms. The summed E-state index contributed by atoms with van der Waals surface area (Å²) < 4.78 is 1.16. The third kappa shape index (κ3) is 2.86. The lowest BCUT2D eigenvalue weighted by molar-refractivity contribution is 0.736. The van der Waals surface area contributed by atoms with E-state index in [1.807, 2.05) is 18.8 Å². The first kappa shape index (κ1) is 13.4. The highest BCUT2D eigenvalue weighted by Gasteiger charge is 2.23. The van der Waals surface area contributed by atoms with E-state index in [1.165, 1.54) is 24.3 Å². The highest BCUT2D eigenvalue weighted by atomic mass is 127. The molecule has 1 saturated heterocycles. The van der Waals surface area contributed by atoms with Crippen molar-refractivity contribution in [2.24, 2.45) is 0 Å². The van der Waals surface area contributed by atoms with Crippen molar-refractivity contribution in [1.29, 1.82) is 0 Å². The molecule has 0 amide bonds. The van der Waals surface area contributed by atoms with Crippen LogP contribution in [-0.2, 0) is 0 Å². The van der Waals surface area contributed by atoms with Gasteiger partial charge in [0.15, 0.2) is 0 Å². The lowest BCUT2D eigenvalue weighted by Gasteiger charge is -2.15. The zero-order valence-electron chi connectivity index (χ0n) is 10.5. The Labute approximate surface area is 121 Å². The average Bonchev–Trinajstić information content (AvgIpc) is 2.82. The molecule has 1 aromatic rings. The van der Waals surface area contributed by atoms with E-state index in [1.54, 1.807) is 0 Å². The quantitative estimate of drug-likeness (QED) is 0.829. The summed E-state index contributed by atoms with van der Waals surface area (Å²) in [5, 5.41) is 3.68. The lowest BCUT2D eigenvalue weighted by atomic mass is 10.1. The summed E-state index contributed by atoms with van der Waals surface area (Å²) in [4.78, 5) is 9.45. The number of hydrogen-bond donors (Lipinski definition) is 1. The van der Waals surface area contributed by atoms with Crippen LogP contribution in [0.1, 0.15) is 49.4 Å². The number of aromatic nitrogens is 2. The fourth-order valence-corrected chi connectivity index (χ4v) is 4.30. The van der Waals surface area contributed by atoms with Crippen LogP contribution in [0.4, 0.5) is 5.82 Å². The SMILES string of the molecule is CNc1nc(C2CCCS2)nc(C(C)C)c1I. The van der Waals surface area contributed by atoms with Crippen LogP contribution in [0, 0.1) is 3.57 Å². The van der Waals surface area contributed by atoms with Crippen LogP contribution in [0.2, 0.25) is 0 Å². The van der Waals surface area contributed by atoms with Gasteiger partial charge in [0.25, 0.3) is 0 Å². The van der Waals surface area contributed by atoms with E-state index in [0.29, 0.717) is 11.2 Å². The van der Waals surface area contributed by atoms with Crippen molar-refractivity contribution < 1.29 is 0 Å². The van der Waals surface area contributed by atoms with Crippen LogP contribution in [-0.4, -0.2) is 22.8 Å². The predicted molar refractivity (Wildman–Crippen MR) is 82.8 cm³/mol. The van der Waals surface area contributed by atoms with Crippen molar-refractivity contribution in [1.82, 2.24) is 9.97 Å². The number of rotatable bonds is 3. The van der Waals surface area contributed by atoms with Gasteiger partial charge in [-0.3, -0.25) is 0 Å². The third-order valence-electron chi connectivity index (χ3n) is 2.90. The Morgan fingerprint density at radius 2 is 2.18 bits per heavy atom. The number of anilines is 1. The minimum atomic E-state index is 0.446. The second kappa shape index (κ2) is 5.73. The number of nitrogens with one attached hydrogen (secondary N) is 1. The van der Waals surface area contributed by atoms with Crippen LogP contribution in [0.15, 0.2) is 0 Å². The molecule has 1 fully saturated rings. The van der Waals surface area contributed by atoms with Crippen LogP contribution < -0.4 is 5.32 Å². The number of halogens is 1. The van der Waals surface area contributed by atoms with Crippen molar-refractivity contribution in [2.75, 3.05) is 18.1 Å². The molecule has 1 unspecified atom stereocenters. The van der Waals surface area contributed by atoms with Crippen molar-refractivity contribution in [3.05, 3.63) is 15.1 Å². The van der Waals surface area contributed by atoms with E-state index in [2.05, 4.69) is 46.7 Å². The molecule has 1 atom stereocenters. The van der Waals surface area contributed by atoms with Gasteiger partial charge in [0.2, 0.25) is 0 Å². The minimum Gasteiger partial charge on any atom is -0.372 e. The Morgan fingerprint density at radius 1 is 1.41 bits per heavy atom. The first-order chi connectivity index (χ1) is 8.13. The Kier molecular flexibility index (Phi) is 4.52. The Morgan fingerprint density at radius 3 is 2.71 bits per heavy atom. The van der Waals surface area contributed by atoms with Crippen LogP contribution in [0.5, 0.6) is 0 Å². The number of hydrogen-bond acceptors (Lipinski definition) is 4. The van der Waals surface area contributed by atoms with Gasteiger partial charge in [0.1, 0.15) is 11.6 Å². The van der Waals surface area contributed by atoms with Gasteiger partial charge in [-0.1, -0.05) is 13.8 Å². The molecule has 0 aromatic carbocycles. The minimum absolute atomic E-state index is 0.446. The highest BCUT2D eigenvalue weighted by molar-refractivity contribution is 14.1. The Balaban J connectivity index is 2.42. The zero-order chi connectivity index (χ0) is 12.4. The van der Waals surface area contributed by atoms with Gasteiger partial charge in [-0.2, -0.15) is 11.8 Å². The van der Waals surface area contributed by atoms with Gasteiger partial charge in [0, 0.05) is 7.05 Å². The lowest BCUT2D eigenvalue weighted by Crippen LogP contribution is -2.10. The molecular formula is C12H18IN3S. The van der Waals surface area contributed by atoms with Crippen molar-refractivity contribution in [3.63, 3.8) is 0 Å². The first-order valence-corrected chi connectivity index (χ1v) is 8.13. The van der Waals surface area contributed by atoms with Crippen LogP contribution in [0.25, 0.3) is 0 Å². The molecule has 1 aliphatic heterocycles. The maximum atomic E-state index is 4.78. The van der Waals surface area contributed by atoms with E-state index >= 15 is 0 Å². The molecule has 2 rings (SSSR count). The van der Waals surface area contributed by atoms with Crippen molar-refractivity contribution >= 4 is 40.2 Å². The Hall–Kier alpha value is -0.0400. The molecule has 0 radical (unpaired) electrons. The van der Waals surface area contributed by atoms with E-state index in [9.17, 15) is 0 Å². The Bertz CT molecular complexity index is 403. The molecular weight excluding hydrogens is 345 g/mol. The van der Waals surface area contributed by atoms with Crippen LogP contribution in [0.3, 0.4) is 0 Å². The summed E-state index contributed by atoms with van der Waals surface area (Å²) >= 11 is 4.33. The molecule has 0 aliphatic carbocycles. The number of thioether (sulfide) groups is 1. The van der Waals surface area contributed by atoms with E-state index in [4.69, 9.17) is 4.98 Å². The molecule has 17 heavy (non-hydrogen) atoms. The van der Waals surface area contributed by atoms with Gasteiger partial charge in [-0.15, -0.1) is 0 Å². The topological polar surface area (TPSA) is 37.8 Å². The van der Waals surface area contributed by atoms with Crippen molar-refractivity contribution in [2.45, 2.75) is 37.9 Å². The normalized spacial score (nSPS) is 19.9. The highest BCUT2D eigenvalue weighted by Crippen LogP contribution is 2.39. The average molecular weight is 363 g/mol. The van der Waals surface area contributed by atoms with Gasteiger partial charge in [-0.25, -0.2) is 9.97 Å². The fourth-order valence-electron chi connectivity index (χ4n) is 1.96. The first-order valence-electron chi connectivity index (χ1n) is 6.00. The van der Waals surface area contributed by atoms with Crippen LogP contribution >= 0.6 is 34.4 Å². The summed E-state index contributed by atoms with van der Waals surface area (Å²) in [6.45, 7) is 4.38. The molecule has 1 aromatic heterocycles. The maximum absolute atomic E-state index is 4.78. The summed E-state index contributed by atoms with van der Waals surface area (Å²) in [7, 11) is 1.93. The monoisotopic (exact) mass is 363 g/mol. The van der Waals surface area contributed by atoms with Gasteiger partial charge >= 0.3 is 0 Å². The summed E-state index contributed by atoms with van der Waals surface area (Å²) in [5.74, 6) is 3.68. The van der Waals surface area contributed by atoms with Crippen molar-refractivity contribution in [3.8, 4) is 0 Å². The summed E-state index contributed by atoms with van der Waals surface area (Å²) in [6.07, 6.45) is 2.50. The van der Waals surface area contributed by atoms with E-state index in [0.717, 1.165) is 15.2 Å². The molecule has 3 nitrogen and oxygen atoms in total. The summed E-state index contributed by atoms with van der Waals surface area (Å²) in [6, 6.07) is 0. The largest absolute Gasteiger partial charge is 0.372 e. The maximum Gasteiger partial charge on any atom is 0.144 e. The van der Waals surface area contributed by atoms with E-state index < -0.39 is 0 Å². The van der Waals surface area contributed by atoms with Gasteiger partial charge in [0.05, 0.1) is 14.5 Å². The predicted octanol–water partition coefficient (Wildman–Crippen LogP) is 3.81. The molecule has 94 valence electrons. The standard InChI is InChI=1S/C12H18IN3S/c1-7(2)10-9(13)12(14-3)16-11(15-10)8-5-4-6-17-8/h7-8H,4-6H2,1-3H3,(H,14,15,16). The molecule has 0 saturated carbocycles. The second-order valence-electron chi connectivity index (χ2n) is 4.54. The summed E-state index contributed by atoms with van der Waals surface area (Å²) in [5.41, 5.74) is 1.17. The molecule has 2 heterocycles. The second-order valence-corrected chi connectivity index (χ2v) is 6.93. The zero-order valence-corrected chi connectivity index (χ0v) is 13.4. The molecule has 1 N–H and O–H groups in total. The molecule has 0 spiro atoms.